The normalized spacial score (nSPS) is 21.2. The quantitative estimate of drug-likeness (QED) is 0.164. The lowest BCUT2D eigenvalue weighted by Gasteiger charge is -2.36. The molecule has 2 unspecified atom stereocenters. The summed E-state index contributed by atoms with van der Waals surface area (Å²) < 4.78 is 67.6. The Morgan fingerprint density at radius 3 is 2.39 bits per heavy atom. The van der Waals surface area contributed by atoms with E-state index < -0.39 is 11.3 Å². The molecule has 6 rings (SSSR count). The van der Waals surface area contributed by atoms with Crippen LogP contribution in [0.25, 0.3) is 0 Å². The topological polar surface area (TPSA) is 110 Å². The van der Waals surface area contributed by atoms with Crippen molar-refractivity contribution >= 4 is 11.5 Å². The molecule has 3 aromatic rings. The van der Waals surface area contributed by atoms with Gasteiger partial charge in [-0.05, 0) is 91.3 Å². The van der Waals surface area contributed by atoms with Gasteiger partial charge in [0.1, 0.15) is 30.4 Å². The number of halogens is 3. The molecule has 248 valence electrons. The zero-order chi connectivity index (χ0) is 32.1. The van der Waals surface area contributed by atoms with E-state index in [0.717, 1.165) is 62.9 Å². The van der Waals surface area contributed by atoms with Gasteiger partial charge in [-0.1, -0.05) is 12.1 Å². The lowest BCUT2D eigenvalue weighted by molar-refractivity contribution is -0.389. The molecule has 0 radical (unpaired) electrons. The maximum atomic E-state index is 12.7. The monoisotopic (exact) mass is 646 g/mol. The van der Waals surface area contributed by atoms with E-state index in [1.165, 1.54) is 18.3 Å². The molecule has 14 heteroatoms. The molecule has 46 heavy (non-hydrogen) atoms. The van der Waals surface area contributed by atoms with Gasteiger partial charge in [0, 0.05) is 43.3 Å². The molecule has 3 aliphatic heterocycles. The minimum Gasteiger partial charge on any atom is -0.490 e. The number of rotatable bonds is 11. The number of hydrogen-bond donors (Lipinski definition) is 0. The molecule has 2 fully saturated rings. The number of aromatic nitrogens is 2. The Labute approximate surface area is 264 Å². The molecule has 1 aromatic heterocycles. The van der Waals surface area contributed by atoms with Crippen LogP contribution in [0.1, 0.15) is 56.6 Å². The summed E-state index contributed by atoms with van der Waals surface area (Å²) in [6.45, 7) is 3.25. The van der Waals surface area contributed by atoms with Gasteiger partial charge in [0.25, 0.3) is 0 Å². The highest BCUT2D eigenvalue weighted by Gasteiger charge is 2.32. The number of nitrogens with zero attached hydrogens (tertiary/aromatic N) is 4. The molecule has 0 saturated carbocycles. The van der Waals surface area contributed by atoms with Gasteiger partial charge in [0.2, 0.25) is 0 Å². The molecule has 4 heterocycles. The van der Waals surface area contributed by atoms with Crippen molar-refractivity contribution in [1.29, 1.82) is 0 Å². The minimum atomic E-state index is -4.74. The average Bonchev–Trinajstić information content (AvgIpc) is 3.49. The maximum Gasteiger partial charge on any atom is 0.573 e. The molecular weight excluding hydrogens is 609 g/mol. The van der Waals surface area contributed by atoms with Crippen molar-refractivity contribution in [3.63, 3.8) is 0 Å². The predicted octanol–water partition coefficient (Wildman–Crippen LogP) is 6.81. The van der Waals surface area contributed by atoms with Gasteiger partial charge in [-0.2, -0.15) is 0 Å². The molecular formula is C32H37F3N4O7. The van der Waals surface area contributed by atoms with Crippen LogP contribution in [-0.4, -0.2) is 59.5 Å². The number of imidazole rings is 1. The van der Waals surface area contributed by atoms with E-state index >= 15 is 0 Å². The Balaban J connectivity index is 0.996. The second kappa shape index (κ2) is 14.2. The van der Waals surface area contributed by atoms with Crippen LogP contribution in [0.2, 0.25) is 0 Å². The lowest BCUT2D eigenvalue weighted by atomic mass is 9.88. The van der Waals surface area contributed by atoms with E-state index in [0.29, 0.717) is 37.8 Å². The number of nitro groups is 1. The highest BCUT2D eigenvalue weighted by molar-refractivity contribution is 5.49. The van der Waals surface area contributed by atoms with Crippen LogP contribution in [0.3, 0.4) is 0 Å². The van der Waals surface area contributed by atoms with Gasteiger partial charge >= 0.3 is 18.2 Å². The number of ether oxygens (including phenoxy) is 5. The van der Waals surface area contributed by atoms with Crippen LogP contribution in [0.5, 0.6) is 17.5 Å². The molecule has 2 saturated heterocycles. The van der Waals surface area contributed by atoms with E-state index in [9.17, 15) is 23.3 Å². The molecule has 3 atom stereocenters. The Bertz CT molecular complexity index is 1440. The minimum absolute atomic E-state index is 0.230. The molecule has 0 N–H and O–H groups in total. The first-order chi connectivity index (χ1) is 22.2. The van der Waals surface area contributed by atoms with Crippen LogP contribution in [0.4, 0.5) is 24.7 Å². The number of benzene rings is 2. The smallest absolute Gasteiger partial charge is 0.490 e. The summed E-state index contributed by atoms with van der Waals surface area (Å²) in [4.78, 5) is 16.7. The molecule has 0 amide bonds. The van der Waals surface area contributed by atoms with Gasteiger partial charge in [0.05, 0.1) is 6.10 Å². The number of aryl methyl sites for hydroxylation is 1. The van der Waals surface area contributed by atoms with Gasteiger partial charge in [-0.3, -0.25) is 4.57 Å². The first-order valence-corrected chi connectivity index (χ1v) is 15.7. The van der Waals surface area contributed by atoms with Crippen LogP contribution in [0, 0.1) is 16.0 Å². The van der Waals surface area contributed by atoms with Crippen LogP contribution in [-0.2, 0) is 16.0 Å². The molecule has 0 aliphatic carbocycles. The SMILES string of the molecule is O=[N+]([O-])c1cn2c(n1)OC(COc1ccc(N3CCC(CC(O[C@@H]4CCCCO4)c4ccc(OC(F)(F)F)cc4)CC3)cc1)CC2. The summed E-state index contributed by atoms with van der Waals surface area (Å²) in [5.41, 5.74) is 1.91. The van der Waals surface area contributed by atoms with Gasteiger partial charge in [-0.25, -0.2) is 0 Å². The summed E-state index contributed by atoms with van der Waals surface area (Å²) in [6.07, 6.45) is 1.90. The standard InChI is InChI=1S/C32H37F3N4O7/c33-32(34,35)46-26-8-4-23(5-9-26)28(45-30-3-1-2-18-42-30)19-22-12-15-37(16-13-22)24-6-10-25(11-7-24)43-21-27-14-17-38-20-29(39(40)41)36-31(38)44-27/h4-11,20,22,27-28,30H,1-3,12-19,21H2/t27?,28?,30-/m1/s1. The van der Waals surface area contributed by atoms with E-state index in [-0.39, 0.29) is 36.1 Å². The van der Waals surface area contributed by atoms with Crippen molar-refractivity contribution in [2.45, 2.75) is 76.4 Å². The van der Waals surface area contributed by atoms with E-state index in [1.807, 2.05) is 24.3 Å². The van der Waals surface area contributed by atoms with Crippen molar-refractivity contribution < 1.29 is 41.8 Å². The fraction of sp³-hybridized carbons (Fsp3) is 0.531. The first-order valence-electron chi connectivity index (χ1n) is 15.7. The zero-order valence-electron chi connectivity index (χ0n) is 25.3. The van der Waals surface area contributed by atoms with Gasteiger partial charge in [-0.15, -0.1) is 13.2 Å². The highest BCUT2D eigenvalue weighted by atomic mass is 19.4. The van der Waals surface area contributed by atoms with E-state index in [1.54, 1.807) is 16.7 Å². The van der Waals surface area contributed by atoms with Gasteiger partial charge in [0.15, 0.2) is 6.29 Å². The second-order valence-electron chi connectivity index (χ2n) is 11.9. The molecule has 3 aliphatic rings. The molecule has 0 bridgehead atoms. The number of alkyl halides is 3. The number of piperidine rings is 1. The average molecular weight is 647 g/mol. The van der Waals surface area contributed by atoms with Crippen molar-refractivity contribution in [3.8, 4) is 17.5 Å². The number of hydrogen-bond acceptors (Lipinski definition) is 9. The van der Waals surface area contributed by atoms with Crippen molar-refractivity contribution in [2.75, 3.05) is 31.2 Å². The summed E-state index contributed by atoms with van der Waals surface area (Å²) in [5.74, 6) is 0.605. The largest absolute Gasteiger partial charge is 0.573 e. The summed E-state index contributed by atoms with van der Waals surface area (Å²) in [7, 11) is 0. The maximum absolute atomic E-state index is 12.7. The third-order valence-electron chi connectivity index (χ3n) is 8.62. The van der Waals surface area contributed by atoms with Crippen molar-refractivity contribution in [2.24, 2.45) is 5.92 Å². The number of anilines is 1. The Kier molecular flexibility index (Phi) is 9.83. The number of fused-ring (bicyclic) bond motifs is 1. The summed E-state index contributed by atoms with van der Waals surface area (Å²) in [6, 6.07) is 14.1. The fourth-order valence-electron chi connectivity index (χ4n) is 6.16. The van der Waals surface area contributed by atoms with Crippen LogP contribution in [0.15, 0.2) is 54.7 Å². The molecule has 11 nitrogen and oxygen atoms in total. The predicted molar refractivity (Wildman–Crippen MR) is 160 cm³/mol. The third kappa shape index (κ3) is 8.40. The lowest BCUT2D eigenvalue weighted by Crippen LogP contribution is -2.34. The van der Waals surface area contributed by atoms with Crippen molar-refractivity contribution in [1.82, 2.24) is 9.55 Å². The third-order valence-corrected chi connectivity index (χ3v) is 8.62. The van der Waals surface area contributed by atoms with Gasteiger partial charge < -0.3 is 38.7 Å². The van der Waals surface area contributed by atoms with Crippen molar-refractivity contribution in [3.05, 3.63) is 70.4 Å². The summed E-state index contributed by atoms with van der Waals surface area (Å²) in [5, 5.41) is 11.0. The Morgan fingerprint density at radius 2 is 1.72 bits per heavy atom. The second-order valence-corrected chi connectivity index (χ2v) is 11.9. The van der Waals surface area contributed by atoms with Crippen LogP contribution < -0.4 is 19.1 Å². The Morgan fingerprint density at radius 1 is 0.978 bits per heavy atom. The van der Waals surface area contributed by atoms with E-state index in [4.69, 9.17) is 18.9 Å². The fourth-order valence-corrected chi connectivity index (χ4v) is 6.16. The summed E-state index contributed by atoms with van der Waals surface area (Å²) >= 11 is 0. The zero-order valence-corrected chi connectivity index (χ0v) is 25.3. The Hall–Kier alpha value is -4.04. The molecule has 2 aromatic carbocycles. The van der Waals surface area contributed by atoms with Crippen LogP contribution >= 0.6 is 0 Å². The molecule has 0 spiro atoms. The van der Waals surface area contributed by atoms with E-state index in [2.05, 4.69) is 14.6 Å². The first kappa shape index (κ1) is 31.9. The highest BCUT2D eigenvalue weighted by Crippen LogP contribution is 2.36.